The molecule has 0 saturated heterocycles. The Morgan fingerprint density at radius 1 is 1.06 bits per heavy atom. The van der Waals surface area contributed by atoms with E-state index in [-0.39, 0.29) is 11.3 Å². The third-order valence-corrected chi connectivity index (χ3v) is 4.27. The Morgan fingerprint density at radius 2 is 1.72 bits per heavy atom. The molecule has 0 aliphatic heterocycles. The van der Waals surface area contributed by atoms with Crippen LogP contribution in [0.1, 0.15) is 15.9 Å². The lowest BCUT2D eigenvalue weighted by molar-refractivity contribution is -0.383. The molecule has 32 heavy (non-hydrogen) atoms. The fraction of sp³-hybridized carbons (Fsp3) is 0.0556. The minimum absolute atomic E-state index is 0.0507. The molecule has 14 heteroatoms. The predicted molar refractivity (Wildman–Crippen MR) is 106 cm³/mol. The number of amides is 1. The molecule has 2 aromatic carbocycles. The molecular weight excluding hydrogens is 460 g/mol. The van der Waals surface area contributed by atoms with Crippen LogP contribution in [0, 0.1) is 15.9 Å². The molecule has 0 bridgehead atoms. The van der Waals surface area contributed by atoms with Gasteiger partial charge >= 0.3 is 11.9 Å². The monoisotopic (exact) mass is 470 g/mol. The summed E-state index contributed by atoms with van der Waals surface area (Å²) >= 11 is 5.57. The van der Waals surface area contributed by atoms with Gasteiger partial charge in [-0.3, -0.25) is 25.8 Å². The molecule has 0 saturated carbocycles. The number of aromatic nitrogens is 2. The van der Waals surface area contributed by atoms with Crippen molar-refractivity contribution in [1.29, 1.82) is 0 Å². The van der Waals surface area contributed by atoms with E-state index in [0.717, 1.165) is 24.5 Å². The summed E-state index contributed by atoms with van der Waals surface area (Å²) in [6, 6.07) is 7.28. The van der Waals surface area contributed by atoms with Crippen LogP contribution in [0.2, 0.25) is 5.02 Å². The summed E-state index contributed by atoms with van der Waals surface area (Å²) < 4.78 is 52.1. The van der Waals surface area contributed by atoms with Gasteiger partial charge in [0.1, 0.15) is 12.1 Å². The van der Waals surface area contributed by atoms with Crippen LogP contribution in [0.15, 0.2) is 48.8 Å². The van der Waals surface area contributed by atoms with E-state index < -0.39 is 50.7 Å². The quantitative estimate of drug-likeness (QED) is 0.271. The van der Waals surface area contributed by atoms with Gasteiger partial charge in [-0.1, -0.05) is 11.6 Å². The lowest BCUT2D eigenvalue weighted by atomic mass is 10.2. The average Bonchev–Trinajstić information content (AvgIpc) is 2.73. The zero-order valence-electron chi connectivity index (χ0n) is 15.6. The van der Waals surface area contributed by atoms with Gasteiger partial charge in [0.15, 0.2) is 0 Å². The molecule has 0 spiro atoms. The maximum atomic E-state index is 13.1. The van der Waals surface area contributed by atoms with Crippen LogP contribution in [0.3, 0.4) is 0 Å². The Balaban J connectivity index is 1.86. The first kappa shape index (κ1) is 22.7. The van der Waals surface area contributed by atoms with Gasteiger partial charge in [-0.2, -0.15) is 13.2 Å². The van der Waals surface area contributed by atoms with Gasteiger partial charge in [-0.05, 0) is 42.5 Å². The summed E-state index contributed by atoms with van der Waals surface area (Å²) in [5.74, 6) is -2.21. The number of hydrazine groups is 1. The van der Waals surface area contributed by atoms with Crippen molar-refractivity contribution in [3.05, 3.63) is 80.9 Å². The number of carbonyl (C=O) groups excluding carboxylic acids is 1. The number of alkyl halides is 3. The molecule has 3 rings (SSSR count). The van der Waals surface area contributed by atoms with E-state index in [2.05, 4.69) is 26.1 Å². The predicted octanol–water partition coefficient (Wildman–Crippen LogP) is 4.70. The van der Waals surface area contributed by atoms with Crippen LogP contribution < -0.4 is 16.2 Å². The van der Waals surface area contributed by atoms with E-state index in [1.165, 1.54) is 18.2 Å². The second kappa shape index (κ2) is 9.01. The highest BCUT2D eigenvalue weighted by molar-refractivity contribution is 6.31. The first-order valence-electron chi connectivity index (χ1n) is 8.51. The van der Waals surface area contributed by atoms with Crippen LogP contribution in [-0.2, 0) is 6.18 Å². The molecule has 0 atom stereocenters. The second-order valence-corrected chi connectivity index (χ2v) is 6.49. The maximum Gasteiger partial charge on any atom is 0.417 e. The number of benzene rings is 2. The van der Waals surface area contributed by atoms with Crippen LogP contribution in [0.4, 0.5) is 40.6 Å². The Morgan fingerprint density at radius 3 is 2.34 bits per heavy atom. The minimum Gasteiger partial charge on any atom is -0.334 e. The van der Waals surface area contributed by atoms with E-state index in [0.29, 0.717) is 6.07 Å². The second-order valence-electron chi connectivity index (χ2n) is 6.08. The number of hydrogen-bond donors (Lipinski definition) is 3. The zero-order valence-corrected chi connectivity index (χ0v) is 16.3. The molecule has 166 valence electrons. The number of halogens is 5. The third-order valence-electron chi connectivity index (χ3n) is 3.94. The van der Waals surface area contributed by atoms with Crippen LogP contribution in [0.5, 0.6) is 0 Å². The molecule has 0 unspecified atom stereocenters. The van der Waals surface area contributed by atoms with Crippen molar-refractivity contribution in [2.45, 2.75) is 6.18 Å². The summed E-state index contributed by atoms with van der Waals surface area (Å²) in [5.41, 5.74) is 2.38. The van der Waals surface area contributed by atoms with Crippen molar-refractivity contribution >= 4 is 40.5 Å². The summed E-state index contributed by atoms with van der Waals surface area (Å²) in [7, 11) is 0. The van der Waals surface area contributed by atoms with E-state index in [1.54, 1.807) is 0 Å². The Kier molecular flexibility index (Phi) is 6.39. The molecule has 0 aliphatic carbocycles. The first-order chi connectivity index (χ1) is 15.1. The fourth-order valence-corrected chi connectivity index (χ4v) is 2.71. The Hall–Kier alpha value is -4.00. The molecular formula is C18H11ClF4N6O3. The van der Waals surface area contributed by atoms with E-state index in [9.17, 15) is 32.5 Å². The molecule has 0 aliphatic rings. The molecule has 3 N–H and O–H groups in total. The molecule has 9 nitrogen and oxygen atoms in total. The molecule has 1 aromatic heterocycles. The van der Waals surface area contributed by atoms with Crippen molar-refractivity contribution in [2.24, 2.45) is 0 Å². The van der Waals surface area contributed by atoms with E-state index >= 15 is 0 Å². The number of carbonyl (C=O) groups is 1. The average molecular weight is 471 g/mol. The van der Waals surface area contributed by atoms with Gasteiger partial charge in [0, 0.05) is 11.3 Å². The highest BCUT2D eigenvalue weighted by Gasteiger charge is 2.33. The van der Waals surface area contributed by atoms with Gasteiger partial charge in [0.05, 0.1) is 15.5 Å². The van der Waals surface area contributed by atoms with Gasteiger partial charge < -0.3 is 5.32 Å². The van der Waals surface area contributed by atoms with Crippen LogP contribution in [0.25, 0.3) is 0 Å². The normalized spacial score (nSPS) is 11.0. The first-order valence-corrected chi connectivity index (χ1v) is 8.89. The number of nitrogens with zero attached hydrogens (tertiary/aromatic N) is 3. The molecule has 0 fully saturated rings. The standard InChI is InChI=1S/C18H11ClF4N6O3/c19-13-6-5-11(7-12(13)18(21,22)23)26-15-14(29(31)32)16(25-8-24-15)27-28-17(30)9-1-3-10(20)4-2-9/h1-8H,(H,28,30)(H2,24,25,26,27). The van der Waals surface area contributed by atoms with Crippen molar-refractivity contribution < 1.29 is 27.3 Å². The number of anilines is 3. The Labute approximate surface area is 181 Å². The molecule has 1 heterocycles. The van der Waals surface area contributed by atoms with Crippen molar-refractivity contribution in [1.82, 2.24) is 15.4 Å². The fourth-order valence-electron chi connectivity index (χ4n) is 2.48. The SMILES string of the molecule is O=C(NNc1ncnc(Nc2ccc(Cl)c(C(F)(F)F)c2)c1[N+](=O)[O-])c1ccc(F)cc1. The number of rotatable bonds is 6. The molecule has 0 radical (unpaired) electrons. The molecule has 1 amide bonds. The topological polar surface area (TPSA) is 122 Å². The lowest BCUT2D eigenvalue weighted by Gasteiger charge is -2.13. The van der Waals surface area contributed by atoms with E-state index in [1.807, 2.05) is 0 Å². The largest absolute Gasteiger partial charge is 0.417 e. The summed E-state index contributed by atoms with van der Waals surface area (Å²) in [6.45, 7) is 0. The summed E-state index contributed by atoms with van der Waals surface area (Å²) in [4.78, 5) is 30.1. The number of hydrogen-bond acceptors (Lipinski definition) is 7. The zero-order chi connectivity index (χ0) is 23.5. The smallest absolute Gasteiger partial charge is 0.334 e. The third kappa shape index (κ3) is 5.18. The van der Waals surface area contributed by atoms with Crippen LogP contribution >= 0.6 is 11.6 Å². The van der Waals surface area contributed by atoms with Crippen molar-refractivity contribution in [3.63, 3.8) is 0 Å². The maximum absolute atomic E-state index is 13.1. The van der Waals surface area contributed by atoms with E-state index in [4.69, 9.17) is 11.6 Å². The number of nitro groups is 1. The highest BCUT2D eigenvalue weighted by Crippen LogP contribution is 2.37. The Bertz CT molecular complexity index is 1170. The summed E-state index contributed by atoms with van der Waals surface area (Å²) in [6.07, 6.45) is -3.86. The van der Waals surface area contributed by atoms with Crippen molar-refractivity contribution in [2.75, 3.05) is 10.7 Å². The van der Waals surface area contributed by atoms with Crippen LogP contribution in [-0.4, -0.2) is 20.8 Å². The highest BCUT2D eigenvalue weighted by atomic mass is 35.5. The van der Waals surface area contributed by atoms with Gasteiger partial charge in [0.2, 0.25) is 11.6 Å². The van der Waals surface area contributed by atoms with Crippen molar-refractivity contribution in [3.8, 4) is 0 Å². The van der Waals surface area contributed by atoms with Gasteiger partial charge in [-0.25, -0.2) is 14.4 Å². The van der Waals surface area contributed by atoms with Gasteiger partial charge in [-0.15, -0.1) is 0 Å². The number of nitrogens with one attached hydrogen (secondary N) is 3. The lowest BCUT2D eigenvalue weighted by Crippen LogP contribution is -2.30. The minimum atomic E-state index is -4.75. The summed E-state index contributed by atoms with van der Waals surface area (Å²) in [5, 5.41) is 13.4. The van der Waals surface area contributed by atoms with Gasteiger partial charge in [0.25, 0.3) is 5.91 Å². The molecule has 3 aromatic rings.